The molecule has 2 N–H and O–H groups in total. The van der Waals surface area contributed by atoms with Crippen molar-refractivity contribution < 1.29 is 4.74 Å². The highest BCUT2D eigenvalue weighted by molar-refractivity contribution is 5.69. The predicted molar refractivity (Wildman–Crippen MR) is 81.8 cm³/mol. The van der Waals surface area contributed by atoms with E-state index in [0.29, 0.717) is 11.5 Å². The molecule has 1 fully saturated rings. The summed E-state index contributed by atoms with van der Waals surface area (Å²) in [7, 11) is 3.84. The zero-order valence-electron chi connectivity index (χ0n) is 12.6. The van der Waals surface area contributed by atoms with Gasteiger partial charge in [-0.15, -0.1) is 0 Å². The van der Waals surface area contributed by atoms with E-state index in [2.05, 4.69) is 25.8 Å². The van der Waals surface area contributed by atoms with Crippen LogP contribution in [0.1, 0.15) is 39.5 Å². The fourth-order valence-electron chi connectivity index (χ4n) is 2.92. The Morgan fingerprint density at radius 2 is 1.89 bits per heavy atom. The van der Waals surface area contributed by atoms with E-state index in [-0.39, 0.29) is 0 Å². The minimum atomic E-state index is 0.497. The molecule has 0 heterocycles. The van der Waals surface area contributed by atoms with E-state index in [9.17, 15) is 0 Å². The number of nitrogens with zero attached hydrogens (tertiary/aromatic N) is 1. The molecule has 1 saturated carbocycles. The normalized spacial score (nSPS) is 19.2. The molecule has 0 aromatic heterocycles. The first-order valence-electron chi connectivity index (χ1n) is 7.09. The second-order valence-corrected chi connectivity index (χ2v) is 6.43. The second kappa shape index (κ2) is 5.32. The van der Waals surface area contributed by atoms with Crippen LogP contribution in [-0.4, -0.2) is 20.2 Å². The van der Waals surface area contributed by atoms with Crippen molar-refractivity contribution in [2.24, 2.45) is 5.41 Å². The third-order valence-corrected chi connectivity index (χ3v) is 4.47. The lowest BCUT2D eigenvalue weighted by atomic mass is 9.75. The van der Waals surface area contributed by atoms with E-state index >= 15 is 0 Å². The van der Waals surface area contributed by atoms with Crippen molar-refractivity contribution in [3.63, 3.8) is 0 Å². The lowest BCUT2D eigenvalue weighted by Gasteiger charge is -2.40. The summed E-state index contributed by atoms with van der Waals surface area (Å²) in [6, 6.07) is 6.46. The molecule has 0 amide bonds. The number of rotatable bonds is 3. The third-order valence-electron chi connectivity index (χ3n) is 4.47. The first kappa shape index (κ1) is 14.0. The van der Waals surface area contributed by atoms with Crippen LogP contribution in [0.2, 0.25) is 0 Å². The summed E-state index contributed by atoms with van der Waals surface area (Å²) in [6.07, 6.45) is 5.04. The zero-order valence-corrected chi connectivity index (χ0v) is 12.6. The highest BCUT2D eigenvalue weighted by Gasteiger charge is 2.29. The number of nitrogen functional groups attached to an aromatic ring is 1. The van der Waals surface area contributed by atoms with E-state index < -0.39 is 0 Å². The predicted octanol–water partition coefficient (Wildman–Crippen LogP) is 3.68. The third kappa shape index (κ3) is 3.14. The average Bonchev–Trinajstić information content (AvgIpc) is 2.38. The van der Waals surface area contributed by atoms with Crippen LogP contribution in [0, 0.1) is 5.41 Å². The maximum absolute atomic E-state index is 6.11. The number of ether oxygens (including phenoxy) is 1. The molecule has 3 nitrogen and oxygen atoms in total. The first-order valence-corrected chi connectivity index (χ1v) is 7.09. The number of hydrogen-bond donors (Lipinski definition) is 1. The summed E-state index contributed by atoms with van der Waals surface area (Å²) < 4.78 is 5.30. The van der Waals surface area contributed by atoms with Gasteiger partial charge in [-0.05, 0) is 43.2 Å². The van der Waals surface area contributed by atoms with Gasteiger partial charge >= 0.3 is 0 Å². The smallest absolute Gasteiger partial charge is 0.121 e. The molecule has 0 radical (unpaired) electrons. The van der Waals surface area contributed by atoms with Crippen LogP contribution in [0.25, 0.3) is 0 Å². The molecule has 106 valence electrons. The van der Waals surface area contributed by atoms with Gasteiger partial charge in [0.15, 0.2) is 0 Å². The zero-order chi connectivity index (χ0) is 14.0. The highest BCUT2D eigenvalue weighted by atomic mass is 16.5. The van der Waals surface area contributed by atoms with Gasteiger partial charge in [0.1, 0.15) is 5.75 Å². The van der Waals surface area contributed by atoms with Gasteiger partial charge < -0.3 is 15.4 Å². The second-order valence-electron chi connectivity index (χ2n) is 6.43. The molecule has 2 rings (SSSR count). The largest absolute Gasteiger partial charge is 0.497 e. The van der Waals surface area contributed by atoms with Crippen molar-refractivity contribution in [1.82, 2.24) is 0 Å². The molecule has 1 aliphatic rings. The molecule has 3 heteroatoms. The van der Waals surface area contributed by atoms with Gasteiger partial charge in [-0.1, -0.05) is 13.8 Å². The standard InChI is InChI=1S/C16H26N2O/c1-16(2)9-7-12(8-10-16)18(3)15-11-13(19-4)5-6-14(15)17/h5-6,11-12H,7-10,17H2,1-4H3. The van der Waals surface area contributed by atoms with Crippen LogP contribution in [0.5, 0.6) is 5.75 Å². The monoisotopic (exact) mass is 262 g/mol. The van der Waals surface area contributed by atoms with Crippen molar-refractivity contribution in [2.75, 3.05) is 24.8 Å². The van der Waals surface area contributed by atoms with Crippen LogP contribution in [-0.2, 0) is 0 Å². The highest BCUT2D eigenvalue weighted by Crippen LogP contribution is 2.39. The van der Waals surface area contributed by atoms with Crippen molar-refractivity contribution in [3.05, 3.63) is 18.2 Å². The van der Waals surface area contributed by atoms with Crippen LogP contribution >= 0.6 is 0 Å². The SMILES string of the molecule is COc1ccc(N)c(N(C)C2CCC(C)(C)CC2)c1. The molecule has 0 atom stereocenters. The Morgan fingerprint density at radius 3 is 2.47 bits per heavy atom. The quantitative estimate of drug-likeness (QED) is 0.844. The summed E-state index contributed by atoms with van der Waals surface area (Å²) in [4.78, 5) is 2.33. The Hall–Kier alpha value is -1.38. The van der Waals surface area contributed by atoms with Crippen molar-refractivity contribution in [2.45, 2.75) is 45.6 Å². The molecule has 1 aromatic carbocycles. The number of nitrogens with two attached hydrogens (primary N) is 1. The Labute approximate surface area is 116 Å². The maximum Gasteiger partial charge on any atom is 0.121 e. The molecule has 0 unspecified atom stereocenters. The summed E-state index contributed by atoms with van der Waals surface area (Å²) in [5, 5.41) is 0. The molecule has 0 bridgehead atoms. The number of hydrogen-bond acceptors (Lipinski definition) is 3. The van der Waals surface area contributed by atoms with Crippen LogP contribution < -0.4 is 15.4 Å². The maximum atomic E-state index is 6.11. The lowest BCUT2D eigenvalue weighted by Crippen LogP contribution is -2.37. The molecule has 1 aromatic rings. The van der Waals surface area contributed by atoms with Crippen LogP contribution in [0.3, 0.4) is 0 Å². The van der Waals surface area contributed by atoms with Crippen molar-refractivity contribution >= 4 is 11.4 Å². The molecule has 19 heavy (non-hydrogen) atoms. The van der Waals surface area contributed by atoms with Gasteiger partial charge in [0.2, 0.25) is 0 Å². The Morgan fingerprint density at radius 1 is 1.26 bits per heavy atom. The molecule has 0 spiro atoms. The van der Waals surface area contributed by atoms with Crippen molar-refractivity contribution in [3.8, 4) is 5.75 Å². The Kier molecular flexibility index (Phi) is 3.93. The van der Waals surface area contributed by atoms with Gasteiger partial charge in [0.25, 0.3) is 0 Å². The van der Waals surface area contributed by atoms with Gasteiger partial charge in [0, 0.05) is 19.2 Å². The molecule has 0 saturated heterocycles. The summed E-state index contributed by atoms with van der Waals surface area (Å²) in [5.74, 6) is 0.868. The van der Waals surface area contributed by atoms with E-state index in [1.165, 1.54) is 25.7 Å². The van der Waals surface area contributed by atoms with E-state index in [4.69, 9.17) is 10.5 Å². The fraction of sp³-hybridized carbons (Fsp3) is 0.625. The topological polar surface area (TPSA) is 38.5 Å². The number of methoxy groups -OCH3 is 1. The van der Waals surface area contributed by atoms with Crippen molar-refractivity contribution in [1.29, 1.82) is 0 Å². The summed E-state index contributed by atoms with van der Waals surface area (Å²) in [6.45, 7) is 4.73. The summed E-state index contributed by atoms with van der Waals surface area (Å²) in [5.41, 5.74) is 8.52. The molecule has 0 aliphatic heterocycles. The van der Waals surface area contributed by atoms with Crippen LogP contribution in [0.4, 0.5) is 11.4 Å². The average molecular weight is 262 g/mol. The number of anilines is 2. The minimum Gasteiger partial charge on any atom is -0.497 e. The van der Waals surface area contributed by atoms with Crippen LogP contribution in [0.15, 0.2) is 18.2 Å². The Bertz CT molecular complexity index is 432. The van der Waals surface area contributed by atoms with Gasteiger partial charge in [0.05, 0.1) is 18.5 Å². The Balaban J connectivity index is 2.13. The number of benzene rings is 1. The van der Waals surface area contributed by atoms with E-state index in [1.807, 2.05) is 18.2 Å². The molecule has 1 aliphatic carbocycles. The van der Waals surface area contributed by atoms with E-state index in [1.54, 1.807) is 7.11 Å². The molecular formula is C16H26N2O. The summed E-state index contributed by atoms with van der Waals surface area (Å²) >= 11 is 0. The first-order chi connectivity index (χ1) is 8.93. The minimum absolute atomic E-state index is 0.497. The molecular weight excluding hydrogens is 236 g/mol. The van der Waals surface area contributed by atoms with Gasteiger partial charge in [-0.25, -0.2) is 0 Å². The van der Waals surface area contributed by atoms with E-state index in [0.717, 1.165) is 17.1 Å². The van der Waals surface area contributed by atoms with Gasteiger partial charge in [-0.2, -0.15) is 0 Å². The lowest BCUT2D eigenvalue weighted by molar-refractivity contribution is 0.222. The van der Waals surface area contributed by atoms with Gasteiger partial charge in [-0.3, -0.25) is 0 Å². The fourth-order valence-corrected chi connectivity index (χ4v) is 2.92.